The number of nitrogens with two attached hydrogens (primary N) is 1. The third-order valence-corrected chi connectivity index (χ3v) is 2.89. The molecule has 20 heavy (non-hydrogen) atoms. The second kappa shape index (κ2) is 5.13. The van der Waals surface area contributed by atoms with Gasteiger partial charge < -0.3 is 21.1 Å². The molecule has 108 valence electrons. The van der Waals surface area contributed by atoms with E-state index in [-0.39, 0.29) is 11.8 Å². The molecule has 1 aliphatic heterocycles. The Morgan fingerprint density at radius 2 is 2.20 bits per heavy atom. The quantitative estimate of drug-likeness (QED) is 0.764. The number of hydrogen-bond donors (Lipinski definition) is 3. The van der Waals surface area contributed by atoms with Crippen LogP contribution in [0.4, 0.5) is 5.69 Å². The maximum absolute atomic E-state index is 12.2. The normalized spacial score (nSPS) is 17.8. The van der Waals surface area contributed by atoms with Crippen molar-refractivity contribution < 1.29 is 14.3 Å². The van der Waals surface area contributed by atoms with Gasteiger partial charge in [0.15, 0.2) is 11.9 Å². The third kappa shape index (κ3) is 3.08. The first-order chi connectivity index (χ1) is 9.28. The number of para-hydroxylation sites is 1. The fraction of sp³-hybridized carbons (Fsp3) is 0.429. The summed E-state index contributed by atoms with van der Waals surface area (Å²) in [6.45, 7) is 5.63. The van der Waals surface area contributed by atoms with Crippen LogP contribution in [-0.4, -0.2) is 30.0 Å². The second-order valence-electron chi connectivity index (χ2n) is 5.60. The molecular weight excluding hydrogens is 258 g/mol. The Bertz CT molecular complexity index is 549. The topological polar surface area (TPSA) is 93.4 Å². The molecular formula is C14H19N3O3. The number of amides is 2. The molecule has 0 radical (unpaired) electrons. The van der Waals surface area contributed by atoms with Gasteiger partial charge >= 0.3 is 0 Å². The van der Waals surface area contributed by atoms with Crippen molar-refractivity contribution in [3.63, 3.8) is 0 Å². The van der Waals surface area contributed by atoms with Gasteiger partial charge in [-0.15, -0.1) is 0 Å². The summed E-state index contributed by atoms with van der Waals surface area (Å²) in [4.78, 5) is 23.7. The van der Waals surface area contributed by atoms with Crippen molar-refractivity contribution in [3.05, 3.63) is 23.8 Å². The van der Waals surface area contributed by atoms with E-state index in [9.17, 15) is 9.59 Å². The SMILES string of the molecule is CC1Oc2c(cccc2C(=O)NCC(C)(C)N)NC1=O. The van der Waals surface area contributed by atoms with Crippen LogP contribution in [0.2, 0.25) is 0 Å². The minimum atomic E-state index is -0.623. The van der Waals surface area contributed by atoms with E-state index in [0.717, 1.165) is 0 Å². The van der Waals surface area contributed by atoms with Crippen LogP contribution in [0.15, 0.2) is 18.2 Å². The van der Waals surface area contributed by atoms with Crippen LogP contribution in [0.1, 0.15) is 31.1 Å². The molecule has 1 aromatic carbocycles. The predicted molar refractivity (Wildman–Crippen MR) is 75.8 cm³/mol. The van der Waals surface area contributed by atoms with E-state index < -0.39 is 11.6 Å². The molecule has 0 aliphatic carbocycles. The number of anilines is 1. The van der Waals surface area contributed by atoms with Crippen LogP contribution < -0.4 is 21.1 Å². The smallest absolute Gasteiger partial charge is 0.265 e. The summed E-state index contributed by atoms with van der Waals surface area (Å²) in [5.74, 6) is -0.103. The summed E-state index contributed by atoms with van der Waals surface area (Å²) in [5, 5.41) is 5.47. The minimum Gasteiger partial charge on any atom is -0.478 e. The molecule has 0 fully saturated rings. The maximum atomic E-state index is 12.2. The van der Waals surface area contributed by atoms with Crippen LogP contribution in [0.3, 0.4) is 0 Å². The Labute approximate surface area is 117 Å². The van der Waals surface area contributed by atoms with E-state index in [2.05, 4.69) is 10.6 Å². The minimum absolute atomic E-state index is 0.224. The first-order valence-electron chi connectivity index (χ1n) is 6.45. The van der Waals surface area contributed by atoms with Crippen molar-refractivity contribution in [2.45, 2.75) is 32.4 Å². The number of fused-ring (bicyclic) bond motifs is 1. The summed E-state index contributed by atoms with van der Waals surface area (Å²) in [7, 11) is 0. The monoisotopic (exact) mass is 277 g/mol. The van der Waals surface area contributed by atoms with Crippen molar-refractivity contribution in [2.24, 2.45) is 5.73 Å². The Hall–Kier alpha value is -2.08. The van der Waals surface area contributed by atoms with Gasteiger partial charge in [-0.1, -0.05) is 6.07 Å². The lowest BCUT2D eigenvalue weighted by Crippen LogP contribution is -2.45. The molecule has 1 aliphatic rings. The summed E-state index contributed by atoms with van der Waals surface area (Å²) < 4.78 is 5.52. The van der Waals surface area contributed by atoms with Gasteiger partial charge in [-0.25, -0.2) is 0 Å². The van der Waals surface area contributed by atoms with E-state index in [4.69, 9.17) is 10.5 Å². The van der Waals surface area contributed by atoms with E-state index in [1.807, 2.05) is 13.8 Å². The Balaban J connectivity index is 2.23. The predicted octanol–water partition coefficient (Wildman–Crippen LogP) is 0.873. The summed E-state index contributed by atoms with van der Waals surface area (Å²) >= 11 is 0. The van der Waals surface area contributed by atoms with Crippen molar-refractivity contribution in [3.8, 4) is 5.75 Å². The molecule has 0 aromatic heterocycles. The van der Waals surface area contributed by atoms with Crippen LogP contribution in [0.5, 0.6) is 5.75 Å². The van der Waals surface area contributed by atoms with Crippen LogP contribution in [0.25, 0.3) is 0 Å². The van der Waals surface area contributed by atoms with Crippen molar-refractivity contribution in [1.29, 1.82) is 0 Å². The molecule has 0 bridgehead atoms. The summed E-state index contributed by atoms with van der Waals surface area (Å²) in [6.07, 6.45) is -0.623. The highest BCUT2D eigenvalue weighted by molar-refractivity contribution is 6.03. The van der Waals surface area contributed by atoms with Crippen molar-refractivity contribution in [2.75, 3.05) is 11.9 Å². The Kier molecular flexibility index (Phi) is 3.67. The molecule has 2 amide bonds. The molecule has 1 unspecified atom stereocenters. The molecule has 1 heterocycles. The summed E-state index contributed by atoms with van der Waals surface area (Å²) in [5.41, 5.74) is 6.24. The molecule has 0 spiro atoms. The molecule has 0 saturated carbocycles. The standard InChI is InChI=1S/C14H19N3O3/c1-8-12(18)17-10-6-4-5-9(11(10)20-8)13(19)16-7-14(2,3)15/h4-6,8H,7,15H2,1-3H3,(H,16,19)(H,17,18). The van der Waals surface area contributed by atoms with Gasteiger partial charge in [0.2, 0.25) is 0 Å². The molecule has 1 atom stereocenters. The molecule has 6 nitrogen and oxygen atoms in total. The largest absolute Gasteiger partial charge is 0.478 e. The number of carbonyl (C=O) groups excluding carboxylic acids is 2. The first kappa shape index (κ1) is 14.3. The highest BCUT2D eigenvalue weighted by Gasteiger charge is 2.27. The fourth-order valence-electron chi connectivity index (χ4n) is 1.81. The van der Waals surface area contributed by atoms with E-state index in [0.29, 0.717) is 23.5 Å². The highest BCUT2D eigenvalue weighted by atomic mass is 16.5. The van der Waals surface area contributed by atoms with E-state index >= 15 is 0 Å². The van der Waals surface area contributed by atoms with Crippen LogP contribution in [-0.2, 0) is 4.79 Å². The van der Waals surface area contributed by atoms with Gasteiger partial charge in [-0.2, -0.15) is 0 Å². The van der Waals surface area contributed by atoms with Crippen molar-refractivity contribution >= 4 is 17.5 Å². The number of rotatable bonds is 3. The van der Waals surface area contributed by atoms with Crippen LogP contribution in [0, 0.1) is 0 Å². The van der Waals surface area contributed by atoms with Gasteiger partial charge in [-0.05, 0) is 32.9 Å². The average Bonchev–Trinajstić information content (AvgIpc) is 2.36. The zero-order valence-corrected chi connectivity index (χ0v) is 11.8. The number of benzene rings is 1. The second-order valence-corrected chi connectivity index (χ2v) is 5.60. The molecule has 2 rings (SSSR count). The highest BCUT2D eigenvalue weighted by Crippen LogP contribution is 2.33. The van der Waals surface area contributed by atoms with Crippen LogP contribution >= 0.6 is 0 Å². The zero-order chi connectivity index (χ0) is 14.9. The Morgan fingerprint density at radius 3 is 2.85 bits per heavy atom. The van der Waals surface area contributed by atoms with Gasteiger partial charge in [0.05, 0.1) is 11.3 Å². The van der Waals surface area contributed by atoms with Gasteiger partial charge in [0.1, 0.15) is 0 Å². The van der Waals surface area contributed by atoms with Gasteiger partial charge in [-0.3, -0.25) is 9.59 Å². The number of ether oxygens (including phenoxy) is 1. The Morgan fingerprint density at radius 1 is 1.50 bits per heavy atom. The fourth-order valence-corrected chi connectivity index (χ4v) is 1.81. The number of nitrogens with one attached hydrogen (secondary N) is 2. The third-order valence-electron chi connectivity index (χ3n) is 2.89. The van der Waals surface area contributed by atoms with Gasteiger partial charge in [0.25, 0.3) is 11.8 Å². The molecule has 6 heteroatoms. The van der Waals surface area contributed by atoms with Gasteiger partial charge in [0, 0.05) is 12.1 Å². The molecule has 0 saturated heterocycles. The van der Waals surface area contributed by atoms with E-state index in [1.165, 1.54) is 0 Å². The first-order valence-corrected chi connectivity index (χ1v) is 6.45. The molecule has 4 N–H and O–H groups in total. The number of hydrogen-bond acceptors (Lipinski definition) is 4. The average molecular weight is 277 g/mol. The molecule has 1 aromatic rings. The lowest BCUT2D eigenvalue weighted by Gasteiger charge is -2.25. The lowest BCUT2D eigenvalue weighted by molar-refractivity contribution is -0.122. The zero-order valence-electron chi connectivity index (χ0n) is 11.8. The summed E-state index contributed by atoms with van der Waals surface area (Å²) in [6, 6.07) is 5.05. The van der Waals surface area contributed by atoms with Crippen molar-refractivity contribution in [1.82, 2.24) is 5.32 Å². The lowest BCUT2D eigenvalue weighted by atomic mass is 10.1. The maximum Gasteiger partial charge on any atom is 0.265 e. The number of carbonyl (C=O) groups is 2. The van der Waals surface area contributed by atoms with E-state index in [1.54, 1.807) is 25.1 Å².